The Morgan fingerprint density at radius 1 is 1.70 bits per heavy atom. The van der Waals surface area contributed by atoms with Crippen molar-refractivity contribution in [3.8, 4) is 0 Å². The first-order valence-corrected chi connectivity index (χ1v) is 3.21. The number of hydrogen-bond donors (Lipinski definition) is 1. The highest BCUT2D eigenvalue weighted by molar-refractivity contribution is 5.74. The van der Waals surface area contributed by atoms with Crippen molar-refractivity contribution in [2.75, 3.05) is 20.3 Å². The van der Waals surface area contributed by atoms with Gasteiger partial charge in [0.2, 0.25) is 5.91 Å². The van der Waals surface area contributed by atoms with Crippen LogP contribution in [-0.2, 0) is 9.53 Å². The van der Waals surface area contributed by atoms with Gasteiger partial charge in [0.15, 0.2) is 0 Å². The molecule has 0 unspecified atom stereocenters. The van der Waals surface area contributed by atoms with E-state index in [-0.39, 0.29) is 12.3 Å². The Balaban J connectivity index is 3.22. The van der Waals surface area contributed by atoms with Crippen molar-refractivity contribution < 1.29 is 14.7 Å². The highest BCUT2D eigenvalue weighted by Crippen LogP contribution is 1.87. The second kappa shape index (κ2) is 5.20. The fourth-order valence-electron chi connectivity index (χ4n) is 0.466. The quantitative estimate of drug-likeness (QED) is 0.352. The lowest BCUT2D eigenvalue weighted by Gasteiger charge is -2.06. The Morgan fingerprint density at radius 2 is 2.30 bits per heavy atom. The minimum absolute atomic E-state index is 0.237. The van der Waals surface area contributed by atoms with Gasteiger partial charge in [0.05, 0.1) is 13.0 Å². The molecule has 0 saturated heterocycles. The van der Waals surface area contributed by atoms with E-state index in [1.807, 2.05) is 6.92 Å². The van der Waals surface area contributed by atoms with E-state index in [2.05, 4.69) is 0 Å². The number of rotatable bonds is 4. The zero-order chi connectivity index (χ0) is 7.98. The molecular formula is C6H13NO3. The van der Waals surface area contributed by atoms with Gasteiger partial charge in [-0.1, -0.05) is 0 Å². The zero-order valence-electron chi connectivity index (χ0n) is 6.33. The Hall–Kier alpha value is -0.610. The van der Waals surface area contributed by atoms with Crippen molar-refractivity contribution in [1.82, 2.24) is 5.06 Å². The Morgan fingerprint density at radius 3 is 2.70 bits per heavy atom. The van der Waals surface area contributed by atoms with E-state index < -0.39 is 0 Å². The number of ether oxygens (including phenoxy) is 1. The summed E-state index contributed by atoms with van der Waals surface area (Å²) in [7, 11) is 1.30. The Bertz CT molecular complexity index is 103. The van der Waals surface area contributed by atoms with E-state index in [0.29, 0.717) is 18.3 Å². The van der Waals surface area contributed by atoms with Crippen molar-refractivity contribution in [2.24, 2.45) is 0 Å². The molecule has 60 valence electrons. The number of amides is 1. The number of hydrogen-bond acceptors (Lipinski definition) is 3. The van der Waals surface area contributed by atoms with Crippen LogP contribution in [0.3, 0.4) is 0 Å². The van der Waals surface area contributed by atoms with Crippen molar-refractivity contribution >= 4 is 5.91 Å². The molecule has 0 aliphatic rings. The third-order valence-electron chi connectivity index (χ3n) is 1.03. The normalized spacial score (nSPS) is 9.50. The van der Waals surface area contributed by atoms with E-state index in [1.54, 1.807) is 0 Å². The average Bonchev–Trinajstić information content (AvgIpc) is 1.88. The monoisotopic (exact) mass is 147 g/mol. The molecule has 0 aromatic rings. The van der Waals surface area contributed by atoms with Gasteiger partial charge in [0, 0.05) is 13.7 Å². The molecular weight excluding hydrogens is 134 g/mol. The van der Waals surface area contributed by atoms with Gasteiger partial charge in [-0.05, 0) is 6.92 Å². The first-order chi connectivity index (χ1) is 4.68. The van der Waals surface area contributed by atoms with Crippen molar-refractivity contribution in [3.63, 3.8) is 0 Å². The van der Waals surface area contributed by atoms with Gasteiger partial charge in [0.25, 0.3) is 0 Å². The van der Waals surface area contributed by atoms with Gasteiger partial charge in [0.1, 0.15) is 0 Å². The van der Waals surface area contributed by atoms with Gasteiger partial charge in [-0.2, -0.15) is 0 Å². The summed E-state index contributed by atoms with van der Waals surface area (Å²) in [5.41, 5.74) is 0. The molecule has 0 radical (unpaired) electrons. The molecule has 0 aliphatic carbocycles. The lowest BCUT2D eigenvalue weighted by Crippen LogP contribution is -2.23. The minimum atomic E-state index is -0.326. The average molecular weight is 147 g/mol. The Kier molecular flexibility index (Phi) is 4.88. The summed E-state index contributed by atoms with van der Waals surface area (Å²) in [6.45, 7) is 2.83. The van der Waals surface area contributed by atoms with E-state index in [0.717, 1.165) is 0 Å². The second-order valence-corrected chi connectivity index (χ2v) is 1.86. The fourth-order valence-corrected chi connectivity index (χ4v) is 0.466. The van der Waals surface area contributed by atoms with Crippen LogP contribution in [0.1, 0.15) is 13.3 Å². The number of carbonyl (C=O) groups is 1. The molecule has 0 saturated carbocycles. The third kappa shape index (κ3) is 4.29. The van der Waals surface area contributed by atoms with Crippen molar-refractivity contribution in [3.05, 3.63) is 0 Å². The summed E-state index contributed by atoms with van der Waals surface area (Å²) in [6, 6.07) is 0. The summed E-state index contributed by atoms with van der Waals surface area (Å²) in [6.07, 6.45) is 0.237. The molecule has 4 nitrogen and oxygen atoms in total. The van der Waals surface area contributed by atoms with E-state index >= 15 is 0 Å². The summed E-state index contributed by atoms with van der Waals surface area (Å²) in [5.74, 6) is -0.326. The zero-order valence-corrected chi connectivity index (χ0v) is 6.33. The SMILES string of the molecule is CCOCCC(=O)N(C)O. The molecule has 10 heavy (non-hydrogen) atoms. The van der Waals surface area contributed by atoms with Crippen LogP contribution in [0.5, 0.6) is 0 Å². The number of hydroxylamine groups is 2. The van der Waals surface area contributed by atoms with Gasteiger partial charge in [-0.3, -0.25) is 10.0 Å². The lowest BCUT2D eigenvalue weighted by molar-refractivity contribution is -0.160. The van der Waals surface area contributed by atoms with E-state index in [9.17, 15) is 4.79 Å². The smallest absolute Gasteiger partial charge is 0.247 e. The van der Waals surface area contributed by atoms with Crippen LogP contribution in [0.4, 0.5) is 0 Å². The van der Waals surface area contributed by atoms with Crippen LogP contribution in [0.25, 0.3) is 0 Å². The molecule has 0 fully saturated rings. The molecule has 0 spiro atoms. The molecule has 0 atom stereocenters. The van der Waals surface area contributed by atoms with Crippen molar-refractivity contribution in [2.45, 2.75) is 13.3 Å². The molecule has 1 N–H and O–H groups in total. The van der Waals surface area contributed by atoms with Gasteiger partial charge in [-0.25, -0.2) is 5.06 Å². The molecule has 0 aromatic carbocycles. The van der Waals surface area contributed by atoms with Crippen LogP contribution in [0, 0.1) is 0 Å². The van der Waals surface area contributed by atoms with E-state index in [1.165, 1.54) is 7.05 Å². The first-order valence-electron chi connectivity index (χ1n) is 3.21. The number of carbonyl (C=O) groups excluding carboxylic acids is 1. The molecule has 0 aromatic heterocycles. The summed E-state index contributed by atoms with van der Waals surface area (Å²) in [4.78, 5) is 10.6. The largest absolute Gasteiger partial charge is 0.381 e. The maximum Gasteiger partial charge on any atom is 0.247 e. The predicted octanol–water partition coefficient (Wildman–Crippen LogP) is 0.261. The van der Waals surface area contributed by atoms with Gasteiger partial charge >= 0.3 is 0 Å². The van der Waals surface area contributed by atoms with Crippen LogP contribution in [0.15, 0.2) is 0 Å². The maximum absolute atomic E-state index is 10.6. The number of nitrogens with zero attached hydrogens (tertiary/aromatic N) is 1. The van der Waals surface area contributed by atoms with Crippen LogP contribution >= 0.6 is 0 Å². The van der Waals surface area contributed by atoms with Crippen LogP contribution in [-0.4, -0.2) is 36.4 Å². The second-order valence-electron chi connectivity index (χ2n) is 1.86. The van der Waals surface area contributed by atoms with Crippen LogP contribution in [0.2, 0.25) is 0 Å². The van der Waals surface area contributed by atoms with Gasteiger partial charge < -0.3 is 4.74 Å². The van der Waals surface area contributed by atoms with Crippen LogP contribution < -0.4 is 0 Å². The fraction of sp³-hybridized carbons (Fsp3) is 0.833. The molecule has 0 heterocycles. The van der Waals surface area contributed by atoms with Crippen molar-refractivity contribution in [1.29, 1.82) is 0 Å². The molecule has 0 aliphatic heterocycles. The third-order valence-corrected chi connectivity index (χ3v) is 1.03. The summed E-state index contributed by atoms with van der Waals surface area (Å²) in [5, 5.41) is 9.12. The first kappa shape index (κ1) is 9.39. The Labute approximate surface area is 60.3 Å². The van der Waals surface area contributed by atoms with Gasteiger partial charge in [-0.15, -0.1) is 0 Å². The summed E-state index contributed by atoms with van der Waals surface area (Å²) < 4.78 is 4.90. The maximum atomic E-state index is 10.6. The predicted molar refractivity (Wildman–Crippen MR) is 35.7 cm³/mol. The topological polar surface area (TPSA) is 49.8 Å². The molecule has 4 heteroatoms. The highest BCUT2D eigenvalue weighted by Gasteiger charge is 2.03. The molecule has 1 amide bonds. The minimum Gasteiger partial charge on any atom is -0.381 e. The lowest BCUT2D eigenvalue weighted by atomic mass is 10.4. The molecule has 0 rings (SSSR count). The summed E-state index contributed by atoms with van der Waals surface area (Å²) >= 11 is 0. The standard InChI is InChI=1S/C6H13NO3/c1-3-10-5-4-6(8)7(2)9/h9H,3-5H2,1-2H3. The molecule has 0 bridgehead atoms. The van der Waals surface area contributed by atoms with E-state index in [4.69, 9.17) is 9.94 Å². The highest BCUT2D eigenvalue weighted by atomic mass is 16.5.